The van der Waals surface area contributed by atoms with Gasteiger partial charge < -0.3 is 14.5 Å². The van der Waals surface area contributed by atoms with E-state index in [2.05, 4.69) is 58.5 Å². The number of furan rings is 1. The molecule has 6 nitrogen and oxygen atoms in total. The van der Waals surface area contributed by atoms with Crippen molar-refractivity contribution >= 4 is 0 Å². The molecule has 1 aromatic carbocycles. The quantitative estimate of drug-likeness (QED) is 0.637. The van der Waals surface area contributed by atoms with E-state index in [0.717, 1.165) is 55.5 Å². The van der Waals surface area contributed by atoms with Gasteiger partial charge in [-0.1, -0.05) is 24.3 Å². The molecular formula is C23H30N4O2. The van der Waals surface area contributed by atoms with Crippen LogP contribution < -0.4 is 5.32 Å². The van der Waals surface area contributed by atoms with Crippen molar-refractivity contribution in [3.63, 3.8) is 0 Å². The van der Waals surface area contributed by atoms with E-state index in [9.17, 15) is 0 Å². The first-order valence-corrected chi connectivity index (χ1v) is 10.3. The lowest BCUT2D eigenvalue weighted by molar-refractivity contribution is -0.0704. The third kappa shape index (κ3) is 5.15. The van der Waals surface area contributed by atoms with E-state index in [4.69, 9.17) is 9.15 Å². The second-order valence-corrected chi connectivity index (χ2v) is 8.05. The van der Waals surface area contributed by atoms with Crippen LogP contribution in [0.3, 0.4) is 0 Å². The lowest BCUT2D eigenvalue weighted by Gasteiger charge is -2.35. The van der Waals surface area contributed by atoms with E-state index in [-0.39, 0.29) is 0 Å². The Labute approximate surface area is 172 Å². The monoisotopic (exact) mass is 394 g/mol. The summed E-state index contributed by atoms with van der Waals surface area (Å²) in [5, 5.41) is 10.7. The summed E-state index contributed by atoms with van der Waals surface area (Å²) in [6, 6.07) is 12.8. The minimum Gasteiger partial charge on any atom is -0.460 e. The zero-order valence-electron chi connectivity index (χ0n) is 17.4. The number of aryl methyl sites for hydroxylation is 1. The van der Waals surface area contributed by atoms with Gasteiger partial charge in [0.1, 0.15) is 11.5 Å². The lowest BCUT2D eigenvalue weighted by Crippen LogP contribution is -2.44. The van der Waals surface area contributed by atoms with Crippen LogP contribution in [0.5, 0.6) is 0 Å². The van der Waals surface area contributed by atoms with Gasteiger partial charge in [-0.3, -0.25) is 10.00 Å². The first-order valence-electron chi connectivity index (χ1n) is 10.3. The molecule has 154 valence electrons. The van der Waals surface area contributed by atoms with E-state index in [1.54, 1.807) is 0 Å². The smallest absolute Gasteiger partial charge is 0.152 e. The van der Waals surface area contributed by atoms with Gasteiger partial charge in [0, 0.05) is 38.3 Å². The molecule has 0 saturated carbocycles. The summed E-state index contributed by atoms with van der Waals surface area (Å²) >= 11 is 0. The molecule has 0 radical (unpaired) electrons. The Bertz CT molecular complexity index is 905. The summed E-state index contributed by atoms with van der Waals surface area (Å²) in [6.45, 7) is 10.8. The third-order valence-corrected chi connectivity index (χ3v) is 5.27. The molecule has 6 heteroatoms. The molecule has 4 rings (SSSR count). The Kier molecular flexibility index (Phi) is 6.13. The molecule has 0 amide bonds. The molecule has 1 aliphatic heterocycles. The van der Waals surface area contributed by atoms with Crippen molar-refractivity contribution in [2.45, 2.75) is 52.6 Å². The number of hydrogen-bond acceptors (Lipinski definition) is 5. The molecule has 3 aromatic rings. The number of H-pyrrole nitrogens is 1. The average molecular weight is 395 g/mol. The third-order valence-electron chi connectivity index (χ3n) is 5.27. The molecular weight excluding hydrogens is 364 g/mol. The van der Waals surface area contributed by atoms with E-state index >= 15 is 0 Å². The molecule has 2 unspecified atom stereocenters. The van der Waals surface area contributed by atoms with Crippen molar-refractivity contribution in [1.29, 1.82) is 0 Å². The van der Waals surface area contributed by atoms with Gasteiger partial charge in [0.15, 0.2) is 5.76 Å². The number of benzene rings is 1. The number of nitrogens with one attached hydrogen (secondary N) is 2. The van der Waals surface area contributed by atoms with Gasteiger partial charge in [-0.05, 0) is 44.0 Å². The summed E-state index contributed by atoms with van der Waals surface area (Å²) in [7, 11) is 0. The van der Waals surface area contributed by atoms with Crippen molar-refractivity contribution in [2.75, 3.05) is 13.1 Å². The summed E-state index contributed by atoms with van der Waals surface area (Å²) < 4.78 is 11.5. The van der Waals surface area contributed by atoms with Crippen LogP contribution in [0.4, 0.5) is 0 Å². The van der Waals surface area contributed by atoms with Crippen LogP contribution in [0.25, 0.3) is 11.5 Å². The van der Waals surface area contributed by atoms with Gasteiger partial charge in [-0.2, -0.15) is 5.10 Å². The summed E-state index contributed by atoms with van der Waals surface area (Å²) in [6.07, 6.45) is 2.47. The molecule has 0 spiro atoms. The standard InChI is InChI=1S/C23H30N4O2/c1-16-4-9-22(29-16)23-21(12-25-26-23)11-24-10-19-5-7-20(8-6-19)15-27-13-17(2)28-18(3)14-27/h4-9,12,17-18,24H,10-11,13-15H2,1-3H3,(H,25,26). The van der Waals surface area contributed by atoms with Gasteiger partial charge in [0.05, 0.1) is 18.4 Å². The first kappa shape index (κ1) is 19.9. The summed E-state index contributed by atoms with van der Waals surface area (Å²) in [5.74, 6) is 1.72. The molecule has 2 aromatic heterocycles. The van der Waals surface area contributed by atoms with Crippen molar-refractivity contribution in [3.8, 4) is 11.5 Å². The van der Waals surface area contributed by atoms with Gasteiger partial charge in [0.2, 0.25) is 0 Å². The maximum Gasteiger partial charge on any atom is 0.152 e. The van der Waals surface area contributed by atoms with E-state index in [1.165, 1.54) is 11.1 Å². The highest BCUT2D eigenvalue weighted by Crippen LogP contribution is 2.23. The van der Waals surface area contributed by atoms with Crippen molar-refractivity contribution in [1.82, 2.24) is 20.4 Å². The normalized spacial score (nSPS) is 20.2. The molecule has 0 aliphatic carbocycles. The van der Waals surface area contributed by atoms with E-state index < -0.39 is 0 Å². The van der Waals surface area contributed by atoms with Crippen LogP contribution in [-0.2, 0) is 24.4 Å². The second-order valence-electron chi connectivity index (χ2n) is 8.05. The number of aromatic amines is 1. The fraction of sp³-hybridized carbons (Fsp3) is 0.435. The molecule has 1 aliphatic rings. The Morgan fingerprint density at radius 2 is 1.76 bits per heavy atom. The SMILES string of the molecule is Cc1ccc(-c2[nH]ncc2CNCc2ccc(CN3CC(C)OC(C)C3)cc2)o1. The highest BCUT2D eigenvalue weighted by atomic mass is 16.5. The molecule has 1 fully saturated rings. The summed E-state index contributed by atoms with van der Waals surface area (Å²) in [4.78, 5) is 2.48. The van der Waals surface area contributed by atoms with Crippen molar-refractivity contribution in [3.05, 3.63) is 65.0 Å². The van der Waals surface area contributed by atoms with Crippen LogP contribution in [0.15, 0.2) is 47.0 Å². The fourth-order valence-corrected chi connectivity index (χ4v) is 4.00. The van der Waals surface area contributed by atoms with E-state index in [1.807, 2.05) is 25.3 Å². The Morgan fingerprint density at radius 3 is 2.45 bits per heavy atom. The van der Waals surface area contributed by atoms with Crippen LogP contribution >= 0.6 is 0 Å². The Balaban J connectivity index is 1.28. The highest BCUT2D eigenvalue weighted by Gasteiger charge is 2.21. The number of nitrogens with zero attached hydrogens (tertiary/aromatic N) is 2. The lowest BCUT2D eigenvalue weighted by atomic mass is 10.1. The Morgan fingerprint density at radius 1 is 1.03 bits per heavy atom. The first-order chi connectivity index (χ1) is 14.1. The number of morpholine rings is 1. The maximum absolute atomic E-state index is 5.82. The highest BCUT2D eigenvalue weighted by molar-refractivity contribution is 5.56. The molecule has 3 heterocycles. The number of rotatable bonds is 7. The Hall–Kier alpha value is -2.41. The predicted molar refractivity (Wildman–Crippen MR) is 113 cm³/mol. The fourth-order valence-electron chi connectivity index (χ4n) is 4.00. The van der Waals surface area contributed by atoms with Gasteiger partial charge in [-0.15, -0.1) is 0 Å². The van der Waals surface area contributed by atoms with Crippen LogP contribution in [0, 0.1) is 6.92 Å². The molecule has 1 saturated heterocycles. The van der Waals surface area contributed by atoms with Gasteiger partial charge >= 0.3 is 0 Å². The second kappa shape index (κ2) is 8.95. The van der Waals surface area contributed by atoms with E-state index in [0.29, 0.717) is 12.2 Å². The topological polar surface area (TPSA) is 66.3 Å². The molecule has 2 atom stereocenters. The minimum atomic E-state index is 0.306. The van der Waals surface area contributed by atoms with Gasteiger partial charge in [0.25, 0.3) is 0 Å². The van der Waals surface area contributed by atoms with Crippen molar-refractivity contribution in [2.24, 2.45) is 0 Å². The minimum absolute atomic E-state index is 0.306. The number of aromatic nitrogens is 2. The van der Waals surface area contributed by atoms with Gasteiger partial charge in [-0.25, -0.2) is 0 Å². The largest absolute Gasteiger partial charge is 0.460 e. The van der Waals surface area contributed by atoms with Crippen LogP contribution in [0.1, 0.15) is 36.3 Å². The number of ether oxygens (including phenoxy) is 1. The predicted octanol–water partition coefficient (Wildman–Crippen LogP) is 3.88. The van der Waals surface area contributed by atoms with Crippen molar-refractivity contribution < 1.29 is 9.15 Å². The van der Waals surface area contributed by atoms with Crippen LogP contribution in [0.2, 0.25) is 0 Å². The molecule has 0 bridgehead atoms. The molecule has 2 N–H and O–H groups in total. The maximum atomic E-state index is 5.82. The molecule has 29 heavy (non-hydrogen) atoms. The number of hydrogen-bond donors (Lipinski definition) is 2. The summed E-state index contributed by atoms with van der Waals surface area (Å²) in [5.41, 5.74) is 4.66. The zero-order valence-corrected chi connectivity index (χ0v) is 17.4. The average Bonchev–Trinajstić information content (AvgIpc) is 3.31. The zero-order chi connectivity index (χ0) is 20.2. The van der Waals surface area contributed by atoms with Crippen LogP contribution in [-0.4, -0.2) is 40.4 Å².